The molecule has 0 heterocycles. The lowest BCUT2D eigenvalue weighted by Crippen LogP contribution is -2.55. The highest BCUT2D eigenvalue weighted by Crippen LogP contribution is 2.51. The summed E-state index contributed by atoms with van der Waals surface area (Å²) >= 11 is 0. The first-order valence-corrected chi connectivity index (χ1v) is 7.90. The lowest BCUT2D eigenvalue weighted by molar-refractivity contribution is -0.123. The highest BCUT2D eigenvalue weighted by Gasteiger charge is 2.50. The van der Waals surface area contributed by atoms with Crippen LogP contribution >= 0.6 is 0 Å². The number of likely N-dealkylation sites (N-methyl/N-ethyl adjacent to an activating group) is 1. The SMILES string of the molecule is CCN(C)C1(CNC(=O)C2CC2(C)C)CCCCC1. The minimum atomic E-state index is 0.210. The van der Waals surface area contributed by atoms with E-state index in [-0.39, 0.29) is 22.8 Å². The molecule has 110 valence electrons. The Hall–Kier alpha value is -0.570. The van der Waals surface area contributed by atoms with Crippen molar-refractivity contribution in [1.82, 2.24) is 10.2 Å². The summed E-state index contributed by atoms with van der Waals surface area (Å²) in [5.74, 6) is 0.527. The van der Waals surface area contributed by atoms with E-state index >= 15 is 0 Å². The predicted octanol–water partition coefficient (Wildman–Crippen LogP) is 2.80. The normalized spacial score (nSPS) is 28.2. The van der Waals surface area contributed by atoms with Crippen LogP contribution in [0.25, 0.3) is 0 Å². The molecule has 1 amide bonds. The summed E-state index contributed by atoms with van der Waals surface area (Å²) in [5.41, 5.74) is 0.447. The van der Waals surface area contributed by atoms with Crippen LogP contribution in [0, 0.1) is 11.3 Å². The third-order valence-corrected chi connectivity index (χ3v) is 5.49. The fourth-order valence-electron chi connectivity index (χ4n) is 3.53. The van der Waals surface area contributed by atoms with Gasteiger partial charge in [-0.05, 0) is 38.3 Å². The Morgan fingerprint density at radius 2 is 1.84 bits per heavy atom. The number of carbonyl (C=O) groups is 1. The molecule has 2 saturated carbocycles. The van der Waals surface area contributed by atoms with Crippen LogP contribution in [0.4, 0.5) is 0 Å². The number of amides is 1. The minimum absolute atomic E-state index is 0.210. The van der Waals surface area contributed by atoms with Gasteiger partial charge in [0, 0.05) is 18.0 Å². The van der Waals surface area contributed by atoms with Crippen molar-refractivity contribution >= 4 is 5.91 Å². The number of nitrogens with zero attached hydrogens (tertiary/aromatic N) is 1. The molecule has 3 heteroatoms. The van der Waals surface area contributed by atoms with Gasteiger partial charge in [0.15, 0.2) is 0 Å². The standard InChI is InChI=1S/C16H30N2O/c1-5-18(4)16(9-7-6-8-10-16)12-17-14(19)13-11-15(13,2)3/h13H,5-12H2,1-4H3,(H,17,19). The summed E-state index contributed by atoms with van der Waals surface area (Å²) in [6, 6.07) is 0. The first-order chi connectivity index (χ1) is 8.91. The molecule has 3 nitrogen and oxygen atoms in total. The van der Waals surface area contributed by atoms with Crippen molar-refractivity contribution in [2.45, 2.75) is 64.8 Å². The maximum atomic E-state index is 12.2. The Bertz CT molecular complexity index is 332. The van der Waals surface area contributed by atoms with Crippen LogP contribution in [-0.2, 0) is 4.79 Å². The first kappa shape index (κ1) is 14.8. The molecule has 0 aromatic rings. The summed E-state index contributed by atoms with van der Waals surface area (Å²) in [7, 11) is 2.21. The predicted molar refractivity (Wildman–Crippen MR) is 79.0 cm³/mol. The smallest absolute Gasteiger partial charge is 0.223 e. The molecule has 0 bridgehead atoms. The average molecular weight is 266 g/mol. The maximum absolute atomic E-state index is 12.2. The maximum Gasteiger partial charge on any atom is 0.223 e. The Labute approximate surface area is 118 Å². The first-order valence-electron chi connectivity index (χ1n) is 7.90. The molecular weight excluding hydrogens is 236 g/mol. The van der Waals surface area contributed by atoms with Gasteiger partial charge in [0.1, 0.15) is 0 Å². The van der Waals surface area contributed by atoms with Crippen molar-refractivity contribution < 1.29 is 4.79 Å². The van der Waals surface area contributed by atoms with Gasteiger partial charge < -0.3 is 5.32 Å². The number of hydrogen-bond acceptors (Lipinski definition) is 2. The zero-order chi connectivity index (χ0) is 14.1. The zero-order valence-corrected chi connectivity index (χ0v) is 13.1. The summed E-state index contributed by atoms with van der Waals surface area (Å²) < 4.78 is 0. The topological polar surface area (TPSA) is 32.3 Å². The van der Waals surface area contributed by atoms with Gasteiger partial charge in [-0.3, -0.25) is 9.69 Å². The quantitative estimate of drug-likeness (QED) is 0.830. The van der Waals surface area contributed by atoms with Crippen LogP contribution in [0.1, 0.15) is 59.3 Å². The van der Waals surface area contributed by atoms with Crippen molar-refractivity contribution in [3.63, 3.8) is 0 Å². The van der Waals surface area contributed by atoms with Gasteiger partial charge in [-0.2, -0.15) is 0 Å². The molecule has 2 aliphatic rings. The summed E-state index contributed by atoms with van der Waals surface area (Å²) in [6.07, 6.45) is 7.46. The molecule has 0 radical (unpaired) electrons. The van der Waals surface area contributed by atoms with Crippen molar-refractivity contribution in [2.24, 2.45) is 11.3 Å². The monoisotopic (exact) mass is 266 g/mol. The lowest BCUT2D eigenvalue weighted by atomic mass is 9.80. The van der Waals surface area contributed by atoms with Crippen LogP contribution in [0.3, 0.4) is 0 Å². The Morgan fingerprint density at radius 1 is 1.26 bits per heavy atom. The molecule has 2 fully saturated rings. The highest BCUT2D eigenvalue weighted by atomic mass is 16.2. The van der Waals surface area contributed by atoms with E-state index in [4.69, 9.17) is 0 Å². The lowest BCUT2D eigenvalue weighted by Gasteiger charge is -2.44. The molecule has 0 aromatic heterocycles. The third-order valence-electron chi connectivity index (χ3n) is 5.49. The summed E-state index contributed by atoms with van der Waals surface area (Å²) in [4.78, 5) is 14.6. The number of nitrogens with one attached hydrogen (secondary N) is 1. The second kappa shape index (κ2) is 5.43. The average Bonchev–Trinajstić information content (AvgIpc) is 3.05. The molecule has 0 saturated heterocycles. The Balaban J connectivity index is 1.91. The Morgan fingerprint density at radius 3 is 2.32 bits per heavy atom. The molecule has 0 aliphatic heterocycles. The molecule has 19 heavy (non-hydrogen) atoms. The molecule has 2 aliphatic carbocycles. The number of hydrogen-bond donors (Lipinski definition) is 1. The minimum Gasteiger partial charge on any atom is -0.354 e. The van der Waals surface area contributed by atoms with Gasteiger partial charge >= 0.3 is 0 Å². The fourth-order valence-corrected chi connectivity index (χ4v) is 3.53. The van der Waals surface area contributed by atoms with E-state index in [1.165, 1.54) is 32.1 Å². The van der Waals surface area contributed by atoms with E-state index in [9.17, 15) is 4.79 Å². The second-order valence-corrected chi connectivity index (χ2v) is 7.26. The van der Waals surface area contributed by atoms with Crippen LogP contribution in [0.5, 0.6) is 0 Å². The highest BCUT2D eigenvalue weighted by molar-refractivity contribution is 5.82. The molecule has 0 spiro atoms. The molecule has 2 rings (SSSR count). The van der Waals surface area contributed by atoms with Gasteiger partial charge in [0.05, 0.1) is 0 Å². The molecule has 1 unspecified atom stereocenters. The molecule has 0 aromatic carbocycles. The third kappa shape index (κ3) is 3.13. The second-order valence-electron chi connectivity index (χ2n) is 7.26. The zero-order valence-electron chi connectivity index (χ0n) is 13.1. The number of rotatable bonds is 5. The van der Waals surface area contributed by atoms with Crippen LogP contribution in [0.2, 0.25) is 0 Å². The van der Waals surface area contributed by atoms with E-state index in [0.29, 0.717) is 0 Å². The van der Waals surface area contributed by atoms with E-state index in [2.05, 4.69) is 38.0 Å². The van der Waals surface area contributed by atoms with Crippen molar-refractivity contribution in [3.05, 3.63) is 0 Å². The van der Waals surface area contributed by atoms with Crippen molar-refractivity contribution in [1.29, 1.82) is 0 Å². The fraction of sp³-hybridized carbons (Fsp3) is 0.938. The molecular formula is C16H30N2O. The van der Waals surface area contributed by atoms with Gasteiger partial charge in [-0.15, -0.1) is 0 Å². The Kier molecular flexibility index (Phi) is 4.24. The summed E-state index contributed by atoms with van der Waals surface area (Å²) in [6.45, 7) is 8.48. The number of carbonyl (C=O) groups excluding carboxylic acids is 1. The summed E-state index contributed by atoms with van der Waals surface area (Å²) in [5, 5.41) is 3.25. The van der Waals surface area contributed by atoms with Crippen LogP contribution in [0.15, 0.2) is 0 Å². The van der Waals surface area contributed by atoms with Crippen molar-refractivity contribution in [2.75, 3.05) is 20.1 Å². The van der Waals surface area contributed by atoms with E-state index in [1.807, 2.05) is 0 Å². The largest absolute Gasteiger partial charge is 0.354 e. The van der Waals surface area contributed by atoms with E-state index < -0.39 is 0 Å². The van der Waals surface area contributed by atoms with Crippen molar-refractivity contribution in [3.8, 4) is 0 Å². The molecule has 1 atom stereocenters. The van der Waals surface area contributed by atoms with Gasteiger partial charge in [0.2, 0.25) is 5.91 Å². The molecule has 1 N–H and O–H groups in total. The van der Waals surface area contributed by atoms with E-state index in [1.54, 1.807) is 0 Å². The van der Waals surface area contributed by atoms with Gasteiger partial charge in [-0.25, -0.2) is 0 Å². The van der Waals surface area contributed by atoms with Gasteiger partial charge in [-0.1, -0.05) is 40.0 Å². The van der Waals surface area contributed by atoms with E-state index in [0.717, 1.165) is 19.5 Å². The van der Waals surface area contributed by atoms with Gasteiger partial charge in [0.25, 0.3) is 0 Å². The van der Waals surface area contributed by atoms with Crippen LogP contribution < -0.4 is 5.32 Å². The van der Waals surface area contributed by atoms with Crippen LogP contribution in [-0.4, -0.2) is 36.5 Å².